The zero-order valence-corrected chi connectivity index (χ0v) is 6.47. The van der Waals surface area contributed by atoms with Crippen molar-refractivity contribution in [2.45, 2.75) is 6.61 Å². The number of ether oxygens (including phenoxy) is 1. The zero-order valence-electron chi connectivity index (χ0n) is 6.47. The van der Waals surface area contributed by atoms with Crippen molar-refractivity contribution >= 4 is 0 Å². The van der Waals surface area contributed by atoms with Crippen molar-refractivity contribution in [3.63, 3.8) is 0 Å². The summed E-state index contributed by atoms with van der Waals surface area (Å²) in [5.74, 6) is -1.82. The molecule has 0 saturated carbocycles. The van der Waals surface area contributed by atoms with Crippen LogP contribution in [0.25, 0.3) is 0 Å². The predicted molar refractivity (Wildman–Crippen MR) is 38.8 cm³/mol. The molecule has 1 aromatic carbocycles. The summed E-state index contributed by atoms with van der Waals surface area (Å²) < 4.78 is 29.8. The number of methoxy groups -OCH3 is 1. The van der Waals surface area contributed by atoms with Crippen LogP contribution in [0.4, 0.5) is 8.78 Å². The minimum Gasteiger partial charge on any atom is -0.496 e. The first kappa shape index (κ1) is 8.93. The molecule has 2 nitrogen and oxygen atoms in total. The van der Waals surface area contributed by atoms with E-state index >= 15 is 0 Å². The molecule has 0 atom stereocenters. The van der Waals surface area contributed by atoms with E-state index in [9.17, 15) is 8.78 Å². The van der Waals surface area contributed by atoms with E-state index in [1.165, 1.54) is 7.11 Å². The Balaban J connectivity index is 3.19. The molecule has 0 bridgehead atoms. The molecule has 0 spiro atoms. The molecule has 0 heterocycles. The lowest BCUT2D eigenvalue weighted by Crippen LogP contribution is -1.95. The summed E-state index contributed by atoms with van der Waals surface area (Å²) in [6, 6.07) is 1.81. The molecule has 1 rings (SSSR count). The quantitative estimate of drug-likeness (QED) is 0.735. The fourth-order valence-electron chi connectivity index (χ4n) is 0.883. The number of hydrogen-bond donors (Lipinski definition) is 1. The Hall–Kier alpha value is -1.16. The summed E-state index contributed by atoms with van der Waals surface area (Å²) in [7, 11) is 1.33. The van der Waals surface area contributed by atoms with Gasteiger partial charge in [-0.15, -0.1) is 0 Å². The summed E-state index contributed by atoms with van der Waals surface area (Å²) >= 11 is 0. The lowest BCUT2D eigenvalue weighted by atomic mass is 10.2. The Morgan fingerprint density at radius 1 is 1.33 bits per heavy atom. The van der Waals surface area contributed by atoms with Crippen LogP contribution in [-0.4, -0.2) is 12.2 Å². The van der Waals surface area contributed by atoms with Crippen molar-refractivity contribution in [1.29, 1.82) is 0 Å². The standard InChI is InChI=1S/C8H8F2O2/c1-12-8-3-7(10)6(9)2-5(8)4-11/h2-3,11H,4H2,1H3. The van der Waals surface area contributed by atoms with Gasteiger partial charge in [-0.05, 0) is 6.07 Å². The number of hydrogen-bond acceptors (Lipinski definition) is 2. The molecular formula is C8H8F2O2. The van der Waals surface area contributed by atoms with Crippen LogP contribution in [0.1, 0.15) is 5.56 Å². The molecule has 1 aromatic rings. The SMILES string of the molecule is COc1cc(F)c(F)cc1CO. The highest BCUT2D eigenvalue weighted by atomic mass is 19.2. The van der Waals surface area contributed by atoms with Gasteiger partial charge in [0.25, 0.3) is 0 Å². The van der Waals surface area contributed by atoms with E-state index < -0.39 is 11.6 Å². The van der Waals surface area contributed by atoms with Gasteiger partial charge in [0.2, 0.25) is 0 Å². The van der Waals surface area contributed by atoms with Crippen molar-refractivity contribution in [2.24, 2.45) is 0 Å². The lowest BCUT2D eigenvalue weighted by molar-refractivity contribution is 0.272. The second kappa shape index (κ2) is 3.49. The third-order valence-corrected chi connectivity index (χ3v) is 1.49. The largest absolute Gasteiger partial charge is 0.496 e. The molecule has 0 radical (unpaired) electrons. The average molecular weight is 174 g/mol. The van der Waals surface area contributed by atoms with Gasteiger partial charge < -0.3 is 9.84 Å². The maximum atomic E-state index is 12.5. The first-order valence-corrected chi connectivity index (χ1v) is 3.31. The van der Waals surface area contributed by atoms with Crippen LogP contribution in [0.3, 0.4) is 0 Å². The highest BCUT2D eigenvalue weighted by molar-refractivity contribution is 5.34. The van der Waals surface area contributed by atoms with Gasteiger partial charge in [0.1, 0.15) is 5.75 Å². The van der Waals surface area contributed by atoms with Gasteiger partial charge in [-0.25, -0.2) is 8.78 Å². The van der Waals surface area contributed by atoms with Crippen molar-refractivity contribution < 1.29 is 18.6 Å². The first-order valence-electron chi connectivity index (χ1n) is 3.31. The zero-order chi connectivity index (χ0) is 9.14. The van der Waals surface area contributed by atoms with E-state index in [1.807, 2.05) is 0 Å². The second-order valence-corrected chi connectivity index (χ2v) is 2.24. The molecule has 0 amide bonds. The van der Waals surface area contributed by atoms with E-state index in [1.54, 1.807) is 0 Å². The van der Waals surface area contributed by atoms with Gasteiger partial charge in [0.05, 0.1) is 13.7 Å². The Kier molecular flexibility index (Phi) is 2.60. The Morgan fingerprint density at radius 3 is 2.42 bits per heavy atom. The summed E-state index contributed by atoms with van der Waals surface area (Å²) in [6.45, 7) is -0.375. The van der Waals surface area contributed by atoms with Crippen molar-refractivity contribution in [3.05, 3.63) is 29.3 Å². The number of benzene rings is 1. The van der Waals surface area contributed by atoms with Gasteiger partial charge in [-0.2, -0.15) is 0 Å². The predicted octanol–water partition coefficient (Wildman–Crippen LogP) is 1.47. The molecule has 66 valence electrons. The number of halogens is 2. The molecule has 0 aliphatic carbocycles. The molecule has 1 N–H and O–H groups in total. The fourth-order valence-corrected chi connectivity index (χ4v) is 0.883. The van der Waals surface area contributed by atoms with Crippen LogP contribution in [0.15, 0.2) is 12.1 Å². The van der Waals surface area contributed by atoms with Gasteiger partial charge >= 0.3 is 0 Å². The highest BCUT2D eigenvalue weighted by Gasteiger charge is 2.08. The third kappa shape index (κ3) is 1.53. The summed E-state index contributed by atoms with van der Waals surface area (Å²) in [4.78, 5) is 0. The smallest absolute Gasteiger partial charge is 0.162 e. The topological polar surface area (TPSA) is 29.5 Å². The van der Waals surface area contributed by atoms with Crippen LogP contribution >= 0.6 is 0 Å². The van der Waals surface area contributed by atoms with Crippen molar-refractivity contribution in [1.82, 2.24) is 0 Å². The van der Waals surface area contributed by atoms with Gasteiger partial charge in [-0.1, -0.05) is 0 Å². The highest BCUT2D eigenvalue weighted by Crippen LogP contribution is 2.21. The molecule has 0 saturated heterocycles. The van der Waals surface area contributed by atoms with Gasteiger partial charge in [0, 0.05) is 11.6 Å². The molecular weight excluding hydrogens is 166 g/mol. The van der Waals surface area contributed by atoms with Gasteiger partial charge in [0.15, 0.2) is 11.6 Å². The number of aliphatic hydroxyl groups is 1. The Morgan fingerprint density at radius 2 is 1.92 bits per heavy atom. The molecule has 0 aromatic heterocycles. The Bertz CT molecular complexity index is 258. The average Bonchev–Trinajstić information content (AvgIpc) is 2.09. The maximum absolute atomic E-state index is 12.5. The summed E-state index contributed by atoms with van der Waals surface area (Å²) in [5, 5.41) is 8.70. The number of aliphatic hydroxyl groups excluding tert-OH is 1. The fraction of sp³-hybridized carbons (Fsp3) is 0.250. The van der Waals surface area contributed by atoms with Crippen molar-refractivity contribution in [2.75, 3.05) is 7.11 Å². The minimum atomic E-state index is -0.986. The molecule has 12 heavy (non-hydrogen) atoms. The third-order valence-electron chi connectivity index (χ3n) is 1.49. The van der Waals surface area contributed by atoms with E-state index in [-0.39, 0.29) is 17.9 Å². The molecule has 4 heteroatoms. The summed E-state index contributed by atoms with van der Waals surface area (Å²) in [5.41, 5.74) is 0.233. The van der Waals surface area contributed by atoms with E-state index in [0.29, 0.717) is 0 Å². The van der Waals surface area contributed by atoms with E-state index in [0.717, 1.165) is 12.1 Å². The number of rotatable bonds is 2. The molecule has 0 aliphatic rings. The van der Waals surface area contributed by atoms with Crippen LogP contribution in [0, 0.1) is 11.6 Å². The minimum absolute atomic E-state index is 0.149. The van der Waals surface area contributed by atoms with Crippen LogP contribution in [-0.2, 0) is 6.61 Å². The van der Waals surface area contributed by atoms with Crippen LogP contribution < -0.4 is 4.74 Å². The van der Waals surface area contributed by atoms with Crippen LogP contribution in [0.2, 0.25) is 0 Å². The maximum Gasteiger partial charge on any atom is 0.162 e. The molecule has 0 unspecified atom stereocenters. The molecule has 0 aliphatic heterocycles. The normalized spacial score (nSPS) is 10.0. The monoisotopic (exact) mass is 174 g/mol. The van der Waals surface area contributed by atoms with Crippen LogP contribution in [0.5, 0.6) is 5.75 Å². The van der Waals surface area contributed by atoms with Gasteiger partial charge in [-0.3, -0.25) is 0 Å². The van der Waals surface area contributed by atoms with E-state index in [4.69, 9.17) is 9.84 Å². The first-order chi connectivity index (χ1) is 5.69. The van der Waals surface area contributed by atoms with E-state index in [2.05, 4.69) is 0 Å². The Labute approximate surface area is 68.4 Å². The summed E-state index contributed by atoms with van der Waals surface area (Å²) in [6.07, 6.45) is 0. The molecule has 0 fully saturated rings. The van der Waals surface area contributed by atoms with Crippen molar-refractivity contribution in [3.8, 4) is 5.75 Å². The lowest BCUT2D eigenvalue weighted by Gasteiger charge is -2.05. The second-order valence-electron chi connectivity index (χ2n) is 2.24.